The number of Topliss-reactive ketones (excluding diaryl/α,β-unsaturated/α-hetero) is 1. The van der Waals surface area contributed by atoms with E-state index in [0.717, 1.165) is 13.1 Å². The van der Waals surface area contributed by atoms with Gasteiger partial charge in [-0.25, -0.2) is 17.5 Å². The number of likely N-dealkylation sites (tertiary alicyclic amines) is 1. The lowest BCUT2D eigenvalue weighted by molar-refractivity contribution is 0.0842. The third-order valence-electron chi connectivity index (χ3n) is 5.18. The average Bonchev–Trinajstić information content (AvgIpc) is 2.74. The van der Waals surface area contributed by atoms with Crippen LogP contribution in [0, 0.1) is 11.7 Å². The number of carbonyl (C=O) groups is 1. The molecule has 1 N–H and O–H groups in total. The van der Waals surface area contributed by atoms with Crippen molar-refractivity contribution in [1.29, 1.82) is 0 Å². The molecule has 0 aromatic heterocycles. The summed E-state index contributed by atoms with van der Waals surface area (Å²) in [6.45, 7) is 2.32. The van der Waals surface area contributed by atoms with Gasteiger partial charge in [-0.3, -0.25) is 4.79 Å². The summed E-state index contributed by atoms with van der Waals surface area (Å²) in [5.41, 5.74) is 0.539. The number of hydrogen-bond donors (Lipinski definition) is 1. The van der Waals surface area contributed by atoms with Gasteiger partial charge in [0.2, 0.25) is 10.0 Å². The average molecular weight is 421 g/mol. The zero-order chi connectivity index (χ0) is 20.9. The Balaban J connectivity index is 1.44. The molecule has 3 rings (SSSR count). The summed E-state index contributed by atoms with van der Waals surface area (Å²) in [6.07, 6.45) is 1.42. The molecule has 29 heavy (non-hydrogen) atoms. The van der Waals surface area contributed by atoms with Crippen LogP contribution in [0.15, 0.2) is 53.4 Å². The van der Waals surface area contributed by atoms with Crippen LogP contribution in [-0.2, 0) is 10.0 Å². The number of ketones is 1. The van der Waals surface area contributed by atoms with Gasteiger partial charge in [-0.1, -0.05) is 0 Å². The van der Waals surface area contributed by atoms with Gasteiger partial charge in [0.1, 0.15) is 11.6 Å². The number of nitrogens with zero attached hydrogens (tertiary/aromatic N) is 1. The second kappa shape index (κ2) is 9.47. The van der Waals surface area contributed by atoms with Gasteiger partial charge in [0.05, 0.1) is 12.0 Å². The zero-order valence-electron chi connectivity index (χ0n) is 16.3. The van der Waals surface area contributed by atoms with E-state index in [2.05, 4.69) is 9.62 Å². The Bertz CT molecular complexity index is 922. The maximum Gasteiger partial charge on any atom is 0.240 e. The number of halogens is 1. The lowest BCUT2D eigenvalue weighted by Gasteiger charge is -2.31. The molecule has 0 aliphatic carbocycles. The molecule has 2 aromatic carbocycles. The van der Waals surface area contributed by atoms with E-state index in [4.69, 9.17) is 4.74 Å². The molecule has 0 spiro atoms. The second-order valence-electron chi connectivity index (χ2n) is 7.06. The highest BCUT2D eigenvalue weighted by Crippen LogP contribution is 2.22. The van der Waals surface area contributed by atoms with Crippen molar-refractivity contribution >= 4 is 15.8 Å². The van der Waals surface area contributed by atoms with Gasteiger partial charge >= 0.3 is 0 Å². The van der Waals surface area contributed by atoms with Crippen molar-refractivity contribution in [2.24, 2.45) is 5.92 Å². The topological polar surface area (TPSA) is 75.7 Å². The highest BCUT2D eigenvalue weighted by atomic mass is 32.2. The molecule has 156 valence electrons. The van der Waals surface area contributed by atoms with Crippen LogP contribution in [0.25, 0.3) is 0 Å². The van der Waals surface area contributed by atoms with Crippen LogP contribution in [0.3, 0.4) is 0 Å². The Hall–Kier alpha value is -2.29. The predicted molar refractivity (Wildman–Crippen MR) is 108 cm³/mol. The molecule has 1 saturated heterocycles. The molecule has 0 saturated carbocycles. The maximum absolute atomic E-state index is 13.0. The Morgan fingerprint density at radius 1 is 1.10 bits per heavy atom. The minimum Gasteiger partial charge on any atom is -0.497 e. The van der Waals surface area contributed by atoms with E-state index in [1.165, 1.54) is 43.5 Å². The van der Waals surface area contributed by atoms with Crippen molar-refractivity contribution in [1.82, 2.24) is 9.62 Å². The summed E-state index contributed by atoms with van der Waals surface area (Å²) in [7, 11) is -2.04. The molecule has 0 amide bonds. The summed E-state index contributed by atoms with van der Waals surface area (Å²) >= 11 is 0. The predicted octanol–water partition coefficient (Wildman–Crippen LogP) is 2.71. The fraction of sp³-hybridized carbons (Fsp3) is 0.381. The van der Waals surface area contributed by atoms with Gasteiger partial charge in [0, 0.05) is 24.6 Å². The lowest BCUT2D eigenvalue weighted by Crippen LogP contribution is -2.41. The SMILES string of the molecule is COc1ccc(S(=O)(=O)NCCN2CCC(C(=O)c3ccc(F)cc3)CC2)cc1. The number of hydrogen-bond acceptors (Lipinski definition) is 5. The normalized spacial score (nSPS) is 15.9. The minimum atomic E-state index is -3.57. The molecule has 1 heterocycles. The van der Waals surface area contributed by atoms with Gasteiger partial charge in [-0.15, -0.1) is 0 Å². The van der Waals surface area contributed by atoms with Gasteiger partial charge < -0.3 is 9.64 Å². The quantitative estimate of drug-likeness (QED) is 0.665. The fourth-order valence-electron chi connectivity index (χ4n) is 3.44. The number of benzene rings is 2. The summed E-state index contributed by atoms with van der Waals surface area (Å²) in [4.78, 5) is 14.9. The number of ether oxygens (including phenoxy) is 1. The molecule has 8 heteroatoms. The van der Waals surface area contributed by atoms with Crippen LogP contribution in [0.4, 0.5) is 4.39 Å². The lowest BCUT2D eigenvalue weighted by atomic mass is 9.89. The van der Waals surface area contributed by atoms with Crippen molar-refractivity contribution in [3.8, 4) is 5.75 Å². The first-order valence-electron chi connectivity index (χ1n) is 9.55. The van der Waals surface area contributed by atoms with E-state index in [1.54, 1.807) is 12.1 Å². The standard InChI is InChI=1S/C21H25FN2O4S/c1-28-19-6-8-20(9-7-19)29(26,27)23-12-15-24-13-10-17(11-14-24)21(25)16-2-4-18(22)5-3-16/h2-9,17,23H,10-15H2,1H3. The van der Waals surface area contributed by atoms with Gasteiger partial charge in [0.25, 0.3) is 0 Å². The third-order valence-corrected chi connectivity index (χ3v) is 6.65. The van der Waals surface area contributed by atoms with Crippen molar-refractivity contribution in [3.63, 3.8) is 0 Å². The first-order chi connectivity index (χ1) is 13.9. The van der Waals surface area contributed by atoms with Crippen LogP contribution in [0.5, 0.6) is 5.75 Å². The maximum atomic E-state index is 13.0. The third kappa shape index (κ3) is 5.62. The minimum absolute atomic E-state index is 0.0462. The molecule has 0 radical (unpaired) electrons. The van der Waals surface area contributed by atoms with Crippen molar-refractivity contribution in [2.75, 3.05) is 33.3 Å². The molecule has 0 bridgehead atoms. The molecule has 0 unspecified atom stereocenters. The highest BCUT2D eigenvalue weighted by Gasteiger charge is 2.26. The fourth-order valence-corrected chi connectivity index (χ4v) is 4.47. The summed E-state index contributed by atoms with van der Waals surface area (Å²) in [5.74, 6) is 0.216. The number of rotatable bonds is 8. The van der Waals surface area contributed by atoms with Crippen LogP contribution in [-0.4, -0.2) is 52.4 Å². The van der Waals surface area contributed by atoms with Gasteiger partial charge in [-0.05, 0) is 74.5 Å². The summed E-state index contributed by atoms with van der Waals surface area (Å²) in [6, 6.07) is 11.9. The number of sulfonamides is 1. The zero-order valence-corrected chi connectivity index (χ0v) is 17.1. The van der Waals surface area contributed by atoms with Crippen LogP contribution in [0.2, 0.25) is 0 Å². The van der Waals surface area contributed by atoms with Gasteiger partial charge in [-0.2, -0.15) is 0 Å². The molecule has 2 aromatic rings. The number of methoxy groups -OCH3 is 1. The molecule has 0 atom stereocenters. The largest absolute Gasteiger partial charge is 0.497 e. The number of carbonyl (C=O) groups excluding carboxylic acids is 1. The molecule has 1 aliphatic heterocycles. The first-order valence-corrected chi connectivity index (χ1v) is 11.0. The van der Waals surface area contributed by atoms with E-state index in [1.807, 2.05) is 0 Å². The first kappa shape index (κ1) is 21.4. The van der Waals surface area contributed by atoms with Crippen LogP contribution in [0.1, 0.15) is 23.2 Å². The van der Waals surface area contributed by atoms with Crippen molar-refractivity contribution < 1.29 is 22.3 Å². The Labute approximate surface area is 170 Å². The molecule has 6 nitrogen and oxygen atoms in total. The van der Waals surface area contributed by atoms with Crippen LogP contribution >= 0.6 is 0 Å². The Morgan fingerprint density at radius 3 is 2.31 bits per heavy atom. The highest BCUT2D eigenvalue weighted by molar-refractivity contribution is 7.89. The molecular weight excluding hydrogens is 395 g/mol. The molecular formula is C21H25FN2O4S. The Kier molecular flexibility index (Phi) is 7.00. The summed E-state index contributed by atoms with van der Waals surface area (Å²) < 4.78 is 45.4. The van der Waals surface area contributed by atoms with Gasteiger partial charge in [0.15, 0.2) is 5.78 Å². The van der Waals surface area contributed by atoms with E-state index < -0.39 is 10.0 Å². The Morgan fingerprint density at radius 2 is 1.72 bits per heavy atom. The number of nitrogens with one attached hydrogen (secondary N) is 1. The van der Waals surface area contributed by atoms with E-state index >= 15 is 0 Å². The molecule has 1 fully saturated rings. The summed E-state index contributed by atoms with van der Waals surface area (Å²) in [5, 5.41) is 0. The van der Waals surface area contributed by atoms with Crippen molar-refractivity contribution in [3.05, 3.63) is 59.9 Å². The number of piperidine rings is 1. The second-order valence-corrected chi connectivity index (χ2v) is 8.83. The smallest absolute Gasteiger partial charge is 0.240 e. The monoisotopic (exact) mass is 420 g/mol. The van der Waals surface area contributed by atoms with E-state index in [-0.39, 0.29) is 22.4 Å². The van der Waals surface area contributed by atoms with E-state index in [0.29, 0.717) is 37.2 Å². The molecule has 1 aliphatic rings. The van der Waals surface area contributed by atoms with Crippen LogP contribution < -0.4 is 9.46 Å². The van der Waals surface area contributed by atoms with Crippen molar-refractivity contribution in [2.45, 2.75) is 17.7 Å². The van der Waals surface area contributed by atoms with E-state index in [9.17, 15) is 17.6 Å².